The van der Waals surface area contributed by atoms with Crippen molar-refractivity contribution in [3.05, 3.63) is 22.7 Å². The van der Waals surface area contributed by atoms with E-state index in [2.05, 4.69) is 10.3 Å². The molecule has 1 aliphatic heterocycles. The van der Waals surface area contributed by atoms with Gasteiger partial charge in [-0.2, -0.15) is 0 Å². The van der Waals surface area contributed by atoms with Gasteiger partial charge < -0.3 is 20.5 Å². The van der Waals surface area contributed by atoms with Crippen LogP contribution >= 0.6 is 11.3 Å². The molecule has 1 aliphatic rings. The number of nitrogens with zero attached hydrogens (tertiary/aromatic N) is 1. The molecule has 0 saturated carbocycles. The fourth-order valence-electron chi connectivity index (χ4n) is 2.01. The van der Waals surface area contributed by atoms with Gasteiger partial charge in [0.2, 0.25) is 0 Å². The maximum Gasteiger partial charge on any atom is 0.271 e. The first-order chi connectivity index (χ1) is 10.1. The lowest BCUT2D eigenvalue weighted by Crippen LogP contribution is -2.50. The molecule has 116 valence electrons. The van der Waals surface area contributed by atoms with Crippen molar-refractivity contribution in [2.75, 3.05) is 25.6 Å². The third kappa shape index (κ3) is 4.80. The van der Waals surface area contributed by atoms with E-state index < -0.39 is 0 Å². The lowest BCUT2D eigenvalue weighted by Gasteiger charge is -2.31. The minimum Gasteiger partial charge on any atom is -0.379 e. The molecule has 0 radical (unpaired) electrons. The van der Waals surface area contributed by atoms with Crippen molar-refractivity contribution < 1.29 is 14.3 Å². The number of hydrogen-bond acceptors (Lipinski definition) is 6. The van der Waals surface area contributed by atoms with Crippen LogP contribution in [0.15, 0.2) is 17.0 Å². The first-order valence-corrected chi connectivity index (χ1v) is 7.79. The molecule has 6 nitrogen and oxygen atoms in total. The fourth-order valence-corrected chi connectivity index (χ4v) is 2.56. The standard InChI is InChI=1S/C14H21N3O3S/c1-9(2)3-6-20-12-7-19-5-4-10(12)16-13(18)11-8-21-14(15)17-11/h3,8,10,12H,4-7H2,1-2H3,(H2,15,17)(H,16,18)/t10-,12-/m1/s1. The number of aromatic nitrogens is 1. The van der Waals surface area contributed by atoms with Crippen LogP contribution in [0.2, 0.25) is 0 Å². The number of nitrogens with one attached hydrogen (secondary N) is 1. The Kier molecular flexibility index (Phi) is 5.72. The van der Waals surface area contributed by atoms with Crippen LogP contribution in [0.5, 0.6) is 0 Å². The van der Waals surface area contributed by atoms with Crippen LogP contribution in [-0.2, 0) is 9.47 Å². The minimum atomic E-state index is -0.217. The van der Waals surface area contributed by atoms with Crippen molar-refractivity contribution in [1.82, 2.24) is 10.3 Å². The monoisotopic (exact) mass is 311 g/mol. The normalized spacial score (nSPS) is 21.8. The summed E-state index contributed by atoms with van der Waals surface area (Å²) in [6.45, 7) is 5.67. The van der Waals surface area contributed by atoms with Crippen molar-refractivity contribution in [3.63, 3.8) is 0 Å². The van der Waals surface area contributed by atoms with E-state index in [0.29, 0.717) is 30.6 Å². The molecule has 21 heavy (non-hydrogen) atoms. The number of nitrogens with two attached hydrogens (primary N) is 1. The van der Waals surface area contributed by atoms with E-state index in [0.717, 1.165) is 6.42 Å². The van der Waals surface area contributed by atoms with Gasteiger partial charge in [0, 0.05) is 12.0 Å². The van der Waals surface area contributed by atoms with Gasteiger partial charge in [0.25, 0.3) is 5.91 Å². The van der Waals surface area contributed by atoms with E-state index in [-0.39, 0.29) is 18.1 Å². The van der Waals surface area contributed by atoms with E-state index in [1.54, 1.807) is 5.38 Å². The Hall–Kier alpha value is -1.44. The highest BCUT2D eigenvalue weighted by molar-refractivity contribution is 7.13. The molecule has 0 aliphatic carbocycles. The molecule has 1 fully saturated rings. The number of amides is 1. The molecule has 1 saturated heterocycles. The van der Waals surface area contributed by atoms with Gasteiger partial charge in [-0.1, -0.05) is 11.6 Å². The van der Waals surface area contributed by atoms with Crippen molar-refractivity contribution in [1.29, 1.82) is 0 Å². The molecule has 0 unspecified atom stereocenters. The molecule has 3 N–H and O–H groups in total. The molecular formula is C14H21N3O3S. The highest BCUT2D eigenvalue weighted by atomic mass is 32.1. The molecule has 7 heteroatoms. The number of carbonyl (C=O) groups excluding carboxylic acids is 1. The number of ether oxygens (including phenoxy) is 2. The second-order valence-corrected chi connectivity index (χ2v) is 6.06. The van der Waals surface area contributed by atoms with E-state index in [1.807, 2.05) is 19.9 Å². The molecule has 2 rings (SSSR count). The highest BCUT2D eigenvalue weighted by Gasteiger charge is 2.28. The smallest absolute Gasteiger partial charge is 0.271 e. The quantitative estimate of drug-likeness (QED) is 0.807. The molecular weight excluding hydrogens is 290 g/mol. The van der Waals surface area contributed by atoms with Crippen LogP contribution < -0.4 is 11.1 Å². The average molecular weight is 311 g/mol. The lowest BCUT2D eigenvalue weighted by atomic mass is 10.1. The van der Waals surface area contributed by atoms with E-state index in [9.17, 15) is 4.79 Å². The first kappa shape index (κ1) is 15.9. The Morgan fingerprint density at radius 3 is 3.14 bits per heavy atom. The largest absolute Gasteiger partial charge is 0.379 e. The maximum absolute atomic E-state index is 12.1. The van der Waals surface area contributed by atoms with Gasteiger partial charge in [0.15, 0.2) is 5.13 Å². The number of nitrogen functional groups attached to an aromatic ring is 1. The zero-order valence-electron chi connectivity index (χ0n) is 12.3. The van der Waals surface area contributed by atoms with Crippen LogP contribution in [0.3, 0.4) is 0 Å². The van der Waals surface area contributed by atoms with Crippen LogP contribution in [0.4, 0.5) is 5.13 Å². The number of hydrogen-bond donors (Lipinski definition) is 2. The molecule has 1 aromatic rings. The highest BCUT2D eigenvalue weighted by Crippen LogP contribution is 2.15. The second-order valence-electron chi connectivity index (χ2n) is 5.17. The summed E-state index contributed by atoms with van der Waals surface area (Å²) >= 11 is 1.25. The average Bonchev–Trinajstić information content (AvgIpc) is 2.87. The Bertz CT molecular complexity index is 511. The molecule has 0 aromatic carbocycles. The van der Waals surface area contributed by atoms with Crippen LogP contribution in [-0.4, -0.2) is 42.9 Å². The van der Waals surface area contributed by atoms with E-state index >= 15 is 0 Å². The third-order valence-electron chi connectivity index (χ3n) is 3.18. The molecule has 0 bridgehead atoms. The summed E-state index contributed by atoms with van der Waals surface area (Å²) in [5.74, 6) is -0.217. The van der Waals surface area contributed by atoms with Crippen LogP contribution in [0, 0.1) is 0 Å². The Morgan fingerprint density at radius 2 is 2.48 bits per heavy atom. The summed E-state index contributed by atoms with van der Waals surface area (Å²) in [6.07, 6.45) is 2.59. The summed E-state index contributed by atoms with van der Waals surface area (Å²) in [4.78, 5) is 16.1. The minimum absolute atomic E-state index is 0.0697. The van der Waals surface area contributed by atoms with Gasteiger partial charge in [-0.15, -0.1) is 11.3 Å². The zero-order valence-corrected chi connectivity index (χ0v) is 13.1. The number of allylic oxidation sites excluding steroid dienone is 1. The predicted molar refractivity (Wildman–Crippen MR) is 82.4 cm³/mol. The summed E-state index contributed by atoms with van der Waals surface area (Å²) in [5.41, 5.74) is 7.10. The molecule has 1 aromatic heterocycles. The van der Waals surface area contributed by atoms with Gasteiger partial charge >= 0.3 is 0 Å². The third-order valence-corrected chi connectivity index (χ3v) is 3.85. The first-order valence-electron chi connectivity index (χ1n) is 6.91. The van der Waals surface area contributed by atoms with Crippen molar-refractivity contribution in [2.24, 2.45) is 0 Å². The Balaban J connectivity index is 1.92. The van der Waals surface area contributed by atoms with Gasteiger partial charge in [-0.05, 0) is 20.3 Å². The second kappa shape index (κ2) is 7.53. The maximum atomic E-state index is 12.1. The van der Waals surface area contributed by atoms with E-state index in [4.69, 9.17) is 15.2 Å². The molecule has 2 heterocycles. The van der Waals surface area contributed by atoms with Crippen LogP contribution in [0.1, 0.15) is 30.8 Å². The van der Waals surface area contributed by atoms with Crippen molar-refractivity contribution >= 4 is 22.4 Å². The van der Waals surface area contributed by atoms with Gasteiger partial charge in [0.1, 0.15) is 11.8 Å². The SMILES string of the molecule is CC(C)=CCO[C@@H]1COCC[C@H]1NC(=O)c1csc(N)n1. The topological polar surface area (TPSA) is 86.5 Å². The van der Waals surface area contributed by atoms with E-state index in [1.165, 1.54) is 16.9 Å². The summed E-state index contributed by atoms with van der Waals surface area (Å²) in [6, 6.07) is -0.0697. The summed E-state index contributed by atoms with van der Waals surface area (Å²) < 4.78 is 11.2. The molecule has 2 atom stereocenters. The van der Waals surface area contributed by atoms with Gasteiger partial charge in [-0.3, -0.25) is 4.79 Å². The van der Waals surface area contributed by atoms with Crippen molar-refractivity contribution in [3.8, 4) is 0 Å². The molecule has 1 amide bonds. The summed E-state index contributed by atoms with van der Waals surface area (Å²) in [7, 11) is 0. The summed E-state index contributed by atoms with van der Waals surface area (Å²) in [5, 5.41) is 5.01. The fraction of sp³-hybridized carbons (Fsp3) is 0.571. The number of thiazole rings is 1. The Morgan fingerprint density at radius 1 is 1.67 bits per heavy atom. The van der Waals surface area contributed by atoms with Gasteiger partial charge in [-0.25, -0.2) is 4.98 Å². The van der Waals surface area contributed by atoms with Crippen LogP contribution in [0.25, 0.3) is 0 Å². The number of carbonyl (C=O) groups is 1. The lowest BCUT2D eigenvalue weighted by molar-refractivity contribution is -0.0589. The predicted octanol–water partition coefficient (Wildman–Crippen LogP) is 1.60. The molecule has 0 spiro atoms. The Labute approximate surface area is 128 Å². The van der Waals surface area contributed by atoms with Gasteiger partial charge in [0.05, 0.1) is 19.3 Å². The zero-order chi connectivity index (χ0) is 15.2. The number of anilines is 1. The van der Waals surface area contributed by atoms with Crippen molar-refractivity contribution in [2.45, 2.75) is 32.4 Å². The number of rotatable bonds is 5.